The topological polar surface area (TPSA) is 88.6 Å². The van der Waals surface area contributed by atoms with Gasteiger partial charge < -0.3 is 20.1 Å². The second-order valence-electron chi connectivity index (χ2n) is 6.03. The van der Waals surface area contributed by atoms with Gasteiger partial charge in [0, 0.05) is 32.4 Å². The van der Waals surface area contributed by atoms with Crippen LogP contribution in [0.4, 0.5) is 11.6 Å². The Morgan fingerprint density at radius 1 is 1.26 bits per heavy atom. The van der Waals surface area contributed by atoms with Crippen molar-refractivity contribution in [3.05, 3.63) is 42.2 Å². The van der Waals surface area contributed by atoms with Gasteiger partial charge in [-0.05, 0) is 25.1 Å². The van der Waals surface area contributed by atoms with E-state index in [9.17, 15) is 4.79 Å². The van der Waals surface area contributed by atoms with E-state index in [1.165, 1.54) is 0 Å². The van der Waals surface area contributed by atoms with Crippen LogP contribution in [0.3, 0.4) is 0 Å². The summed E-state index contributed by atoms with van der Waals surface area (Å²) in [6.07, 6.45) is 1.58. The van der Waals surface area contributed by atoms with Gasteiger partial charge >= 0.3 is 0 Å². The van der Waals surface area contributed by atoms with E-state index in [0.717, 1.165) is 32.8 Å². The quantitative estimate of drug-likeness (QED) is 0.732. The molecule has 0 spiro atoms. The van der Waals surface area contributed by atoms with Gasteiger partial charge in [-0.15, -0.1) is 0 Å². The number of nitrogens with one attached hydrogen (secondary N) is 2. The molecule has 27 heavy (non-hydrogen) atoms. The molecule has 8 nitrogen and oxygen atoms in total. The molecule has 0 saturated carbocycles. The van der Waals surface area contributed by atoms with Crippen LogP contribution in [-0.2, 0) is 4.74 Å². The van der Waals surface area contributed by atoms with E-state index < -0.39 is 0 Å². The maximum Gasteiger partial charge on any atom is 0.274 e. The zero-order valence-corrected chi connectivity index (χ0v) is 15.5. The number of carbonyl (C=O) groups excluding carboxylic acids is 1. The lowest BCUT2D eigenvalue weighted by molar-refractivity contribution is 0.0398. The maximum atomic E-state index is 12.5. The van der Waals surface area contributed by atoms with E-state index in [-0.39, 0.29) is 5.91 Å². The highest BCUT2D eigenvalue weighted by molar-refractivity contribution is 6.03. The number of hydrogen-bond donors (Lipinski definition) is 2. The van der Waals surface area contributed by atoms with Gasteiger partial charge in [0.2, 0.25) is 5.95 Å². The minimum atomic E-state index is -0.305. The van der Waals surface area contributed by atoms with Crippen LogP contribution in [0.1, 0.15) is 17.4 Å². The Bertz CT molecular complexity index is 750. The first-order valence-electron chi connectivity index (χ1n) is 9.16. The number of aromatic nitrogens is 2. The number of rotatable bonds is 8. The van der Waals surface area contributed by atoms with E-state index in [1.807, 2.05) is 25.1 Å². The standard InChI is InChI=1S/C19H25N5O3/c1-2-27-17-6-4-3-5-15(17)22-18(25)16-7-8-20-19(23-16)21-9-10-24-11-13-26-14-12-24/h3-8H,2,9-14H2,1H3,(H,22,25)(H,20,21,23). The number of amides is 1. The highest BCUT2D eigenvalue weighted by Crippen LogP contribution is 2.24. The molecule has 3 rings (SSSR count). The first-order chi connectivity index (χ1) is 13.3. The Balaban J connectivity index is 1.57. The molecule has 0 bridgehead atoms. The molecule has 0 atom stereocenters. The molecule has 1 aromatic carbocycles. The van der Waals surface area contributed by atoms with Gasteiger partial charge in [-0.2, -0.15) is 0 Å². The number of hydrogen-bond acceptors (Lipinski definition) is 7. The molecule has 1 fully saturated rings. The van der Waals surface area contributed by atoms with E-state index in [4.69, 9.17) is 9.47 Å². The van der Waals surface area contributed by atoms with Crippen molar-refractivity contribution < 1.29 is 14.3 Å². The van der Waals surface area contributed by atoms with Gasteiger partial charge in [0.25, 0.3) is 5.91 Å². The fourth-order valence-corrected chi connectivity index (χ4v) is 2.76. The Kier molecular flexibility index (Phi) is 6.95. The average molecular weight is 371 g/mol. The highest BCUT2D eigenvalue weighted by atomic mass is 16.5. The number of ether oxygens (including phenoxy) is 2. The molecule has 1 saturated heterocycles. The molecule has 0 aliphatic carbocycles. The van der Waals surface area contributed by atoms with Gasteiger partial charge in [0.15, 0.2) is 0 Å². The number of anilines is 2. The lowest BCUT2D eigenvalue weighted by Gasteiger charge is -2.26. The molecule has 1 aromatic heterocycles. The molecule has 1 aliphatic rings. The summed E-state index contributed by atoms with van der Waals surface area (Å²) >= 11 is 0. The van der Waals surface area contributed by atoms with Crippen molar-refractivity contribution >= 4 is 17.5 Å². The zero-order chi connectivity index (χ0) is 18.9. The van der Waals surface area contributed by atoms with Crippen molar-refractivity contribution in [1.82, 2.24) is 14.9 Å². The molecule has 144 valence electrons. The second kappa shape index (κ2) is 9.84. The van der Waals surface area contributed by atoms with Crippen LogP contribution in [0.25, 0.3) is 0 Å². The molecule has 1 amide bonds. The molecule has 2 heterocycles. The van der Waals surface area contributed by atoms with E-state index >= 15 is 0 Å². The molecular weight excluding hydrogens is 346 g/mol. The second-order valence-corrected chi connectivity index (χ2v) is 6.03. The van der Waals surface area contributed by atoms with Crippen LogP contribution in [-0.4, -0.2) is 66.8 Å². The van der Waals surface area contributed by atoms with Crippen molar-refractivity contribution in [3.8, 4) is 5.75 Å². The summed E-state index contributed by atoms with van der Waals surface area (Å²) in [4.78, 5) is 23.4. The normalized spacial score (nSPS) is 14.6. The van der Waals surface area contributed by atoms with Crippen LogP contribution in [0.2, 0.25) is 0 Å². The minimum absolute atomic E-state index is 0.296. The molecular formula is C19H25N5O3. The summed E-state index contributed by atoms with van der Waals surface area (Å²) < 4.78 is 10.9. The summed E-state index contributed by atoms with van der Waals surface area (Å²) in [5.41, 5.74) is 0.912. The van der Waals surface area contributed by atoms with Gasteiger partial charge in [-0.25, -0.2) is 9.97 Å². The van der Waals surface area contributed by atoms with Crippen LogP contribution < -0.4 is 15.4 Å². The van der Waals surface area contributed by atoms with Gasteiger partial charge in [0.05, 0.1) is 25.5 Å². The highest BCUT2D eigenvalue weighted by Gasteiger charge is 2.13. The number of benzene rings is 1. The molecule has 1 aliphatic heterocycles. The van der Waals surface area contributed by atoms with Gasteiger partial charge in [-0.3, -0.25) is 9.69 Å². The monoisotopic (exact) mass is 371 g/mol. The van der Waals surface area contributed by atoms with Crippen molar-refractivity contribution in [2.75, 3.05) is 56.6 Å². The Morgan fingerprint density at radius 3 is 2.89 bits per heavy atom. The van der Waals surface area contributed by atoms with E-state index in [1.54, 1.807) is 18.3 Å². The van der Waals surface area contributed by atoms with Crippen LogP contribution in [0.5, 0.6) is 5.75 Å². The summed E-state index contributed by atoms with van der Waals surface area (Å²) in [7, 11) is 0. The lowest BCUT2D eigenvalue weighted by Crippen LogP contribution is -2.39. The first kappa shape index (κ1) is 19.1. The van der Waals surface area contributed by atoms with Crippen molar-refractivity contribution in [2.24, 2.45) is 0 Å². The third-order valence-electron chi connectivity index (χ3n) is 4.14. The largest absolute Gasteiger partial charge is 0.492 e. The van der Waals surface area contributed by atoms with Crippen molar-refractivity contribution in [1.29, 1.82) is 0 Å². The van der Waals surface area contributed by atoms with Crippen molar-refractivity contribution in [3.63, 3.8) is 0 Å². The molecule has 0 radical (unpaired) electrons. The lowest BCUT2D eigenvalue weighted by atomic mass is 10.2. The third kappa shape index (κ3) is 5.63. The number of para-hydroxylation sites is 2. The van der Waals surface area contributed by atoms with Crippen molar-refractivity contribution in [2.45, 2.75) is 6.92 Å². The van der Waals surface area contributed by atoms with Crippen LogP contribution in [0.15, 0.2) is 36.5 Å². The first-order valence-corrected chi connectivity index (χ1v) is 9.16. The smallest absolute Gasteiger partial charge is 0.274 e. The maximum absolute atomic E-state index is 12.5. The fraction of sp³-hybridized carbons (Fsp3) is 0.421. The Morgan fingerprint density at radius 2 is 2.07 bits per heavy atom. The van der Waals surface area contributed by atoms with Gasteiger partial charge in [-0.1, -0.05) is 12.1 Å². The zero-order valence-electron chi connectivity index (χ0n) is 15.5. The molecule has 2 N–H and O–H groups in total. The average Bonchev–Trinajstić information content (AvgIpc) is 2.71. The summed E-state index contributed by atoms with van der Waals surface area (Å²) in [5, 5.41) is 6.02. The predicted molar refractivity (Wildman–Crippen MR) is 103 cm³/mol. The van der Waals surface area contributed by atoms with Crippen LogP contribution in [0, 0.1) is 0 Å². The number of nitrogens with zero attached hydrogens (tertiary/aromatic N) is 3. The SMILES string of the molecule is CCOc1ccccc1NC(=O)c1ccnc(NCCN2CCOCC2)n1. The fourth-order valence-electron chi connectivity index (χ4n) is 2.76. The summed E-state index contributed by atoms with van der Waals surface area (Å²) in [6.45, 7) is 7.43. The van der Waals surface area contributed by atoms with Crippen LogP contribution >= 0.6 is 0 Å². The summed E-state index contributed by atoms with van der Waals surface area (Å²) in [6, 6.07) is 8.91. The predicted octanol–water partition coefficient (Wildman–Crippen LogP) is 1.87. The number of carbonyl (C=O) groups is 1. The summed E-state index contributed by atoms with van der Waals surface area (Å²) in [5.74, 6) is 0.765. The Hall–Kier alpha value is -2.71. The molecule has 2 aromatic rings. The van der Waals surface area contributed by atoms with E-state index in [0.29, 0.717) is 36.2 Å². The molecule has 8 heteroatoms. The minimum Gasteiger partial charge on any atom is -0.492 e. The Labute approximate surface area is 158 Å². The molecule has 0 unspecified atom stereocenters. The van der Waals surface area contributed by atoms with E-state index in [2.05, 4.69) is 25.5 Å². The number of morpholine rings is 1. The van der Waals surface area contributed by atoms with Gasteiger partial charge in [0.1, 0.15) is 11.4 Å². The third-order valence-corrected chi connectivity index (χ3v) is 4.14.